The predicted molar refractivity (Wildman–Crippen MR) is 120 cm³/mol. The van der Waals surface area contributed by atoms with Crippen LogP contribution < -0.4 is 10.6 Å². The van der Waals surface area contributed by atoms with E-state index in [0.717, 1.165) is 29.1 Å². The lowest BCUT2D eigenvalue weighted by atomic mass is 10.1. The molecule has 7 heteroatoms. The first-order chi connectivity index (χ1) is 15.2. The van der Waals surface area contributed by atoms with Gasteiger partial charge in [0.2, 0.25) is 0 Å². The fourth-order valence-electron chi connectivity index (χ4n) is 3.23. The Morgan fingerprint density at radius 1 is 0.968 bits per heavy atom. The molecule has 31 heavy (non-hydrogen) atoms. The first kappa shape index (κ1) is 20.3. The van der Waals surface area contributed by atoms with Gasteiger partial charge in [-0.2, -0.15) is 5.10 Å². The number of hydrogen-bond acceptors (Lipinski definition) is 5. The van der Waals surface area contributed by atoms with Gasteiger partial charge in [0.1, 0.15) is 5.82 Å². The number of benzene rings is 1. The zero-order valence-corrected chi connectivity index (χ0v) is 17.3. The molecule has 0 saturated carbocycles. The van der Waals surface area contributed by atoms with Crippen molar-refractivity contribution in [2.24, 2.45) is 7.05 Å². The average molecular weight is 412 g/mol. The summed E-state index contributed by atoms with van der Waals surface area (Å²) in [4.78, 5) is 22.0. The van der Waals surface area contributed by atoms with E-state index in [-0.39, 0.29) is 5.91 Å². The number of aromatic nitrogens is 4. The molecule has 0 aliphatic rings. The fraction of sp³-hybridized carbons (Fsp3) is 0.167. The summed E-state index contributed by atoms with van der Waals surface area (Å²) in [6.45, 7) is 0.969. The molecule has 0 aliphatic heterocycles. The van der Waals surface area contributed by atoms with Gasteiger partial charge in [-0.15, -0.1) is 0 Å². The Bertz CT molecular complexity index is 1140. The number of hydrogen-bond donors (Lipinski definition) is 2. The van der Waals surface area contributed by atoms with Crippen molar-refractivity contribution in [2.75, 3.05) is 11.9 Å². The number of pyridine rings is 2. The van der Waals surface area contributed by atoms with E-state index in [2.05, 4.69) is 20.7 Å². The molecule has 156 valence electrons. The summed E-state index contributed by atoms with van der Waals surface area (Å²) < 4.78 is 1.71. The van der Waals surface area contributed by atoms with Gasteiger partial charge in [-0.25, -0.2) is 4.98 Å². The van der Waals surface area contributed by atoms with Gasteiger partial charge in [-0.1, -0.05) is 36.4 Å². The second-order valence-corrected chi connectivity index (χ2v) is 7.12. The molecular formula is C24H24N6O. The second kappa shape index (κ2) is 9.67. The fourth-order valence-corrected chi connectivity index (χ4v) is 3.23. The molecule has 0 bridgehead atoms. The van der Waals surface area contributed by atoms with Crippen LogP contribution in [-0.4, -0.2) is 32.2 Å². The monoisotopic (exact) mass is 412 g/mol. The third-order valence-corrected chi connectivity index (χ3v) is 4.81. The zero-order valence-electron chi connectivity index (χ0n) is 17.3. The minimum atomic E-state index is -0.196. The Morgan fingerprint density at radius 3 is 2.55 bits per heavy atom. The van der Waals surface area contributed by atoms with E-state index in [1.165, 1.54) is 0 Å². The molecule has 2 N–H and O–H groups in total. The maximum Gasteiger partial charge on any atom is 0.255 e. The molecule has 0 spiro atoms. The molecule has 0 unspecified atom stereocenters. The van der Waals surface area contributed by atoms with E-state index in [1.54, 1.807) is 10.9 Å². The first-order valence-electron chi connectivity index (χ1n) is 10.2. The van der Waals surface area contributed by atoms with E-state index in [4.69, 9.17) is 4.98 Å². The standard InChI is InChI=1S/C24H24N6O/c1-30-16-13-20(29-30)17-27-24(31)21-10-11-22(18-7-3-2-4-8-18)28-23(21)26-15-12-19-9-5-6-14-25-19/h2-11,13-14,16H,12,15,17H2,1H3,(H,26,28)(H,27,31). The van der Waals surface area contributed by atoms with Gasteiger partial charge in [-0.3, -0.25) is 14.5 Å². The van der Waals surface area contributed by atoms with Gasteiger partial charge < -0.3 is 10.6 Å². The van der Waals surface area contributed by atoms with E-state index in [1.807, 2.05) is 80.0 Å². The van der Waals surface area contributed by atoms with Crippen LogP contribution in [0.4, 0.5) is 5.82 Å². The van der Waals surface area contributed by atoms with Gasteiger partial charge in [-0.05, 0) is 30.3 Å². The molecule has 1 amide bonds. The van der Waals surface area contributed by atoms with Crippen molar-refractivity contribution in [3.63, 3.8) is 0 Å². The molecule has 7 nitrogen and oxygen atoms in total. The van der Waals surface area contributed by atoms with Crippen LogP contribution in [0.1, 0.15) is 21.7 Å². The number of nitrogens with one attached hydrogen (secondary N) is 2. The Labute approximate surface area is 181 Å². The first-order valence-corrected chi connectivity index (χ1v) is 10.2. The topological polar surface area (TPSA) is 84.7 Å². The van der Waals surface area contributed by atoms with Crippen LogP contribution >= 0.6 is 0 Å². The zero-order chi connectivity index (χ0) is 21.5. The normalized spacial score (nSPS) is 10.6. The smallest absolute Gasteiger partial charge is 0.255 e. The van der Waals surface area contributed by atoms with Gasteiger partial charge >= 0.3 is 0 Å². The van der Waals surface area contributed by atoms with Gasteiger partial charge in [0.15, 0.2) is 0 Å². The van der Waals surface area contributed by atoms with Crippen LogP contribution in [0.2, 0.25) is 0 Å². The van der Waals surface area contributed by atoms with Crippen LogP contribution in [0.15, 0.2) is 79.1 Å². The number of rotatable bonds is 8. The Hall–Kier alpha value is -4.00. The molecule has 0 saturated heterocycles. The van der Waals surface area contributed by atoms with E-state index in [0.29, 0.717) is 24.5 Å². The third kappa shape index (κ3) is 5.33. The lowest BCUT2D eigenvalue weighted by Crippen LogP contribution is -2.25. The van der Waals surface area contributed by atoms with Crippen molar-refractivity contribution in [1.82, 2.24) is 25.1 Å². The van der Waals surface area contributed by atoms with Crippen molar-refractivity contribution in [3.05, 3.63) is 96.1 Å². The van der Waals surface area contributed by atoms with Crippen LogP contribution in [0, 0.1) is 0 Å². The minimum absolute atomic E-state index is 0.196. The van der Waals surface area contributed by atoms with Crippen molar-refractivity contribution in [3.8, 4) is 11.3 Å². The quantitative estimate of drug-likeness (QED) is 0.463. The molecule has 0 radical (unpaired) electrons. The summed E-state index contributed by atoms with van der Waals surface area (Å²) in [5, 5.41) is 10.6. The maximum absolute atomic E-state index is 12.9. The van der Waals surface area contributed by atoms with Gasteiger partial charge in [0, 0.05) is 43.7 Å². The SMILES string of the molecule is Cn1ccc(CNC(=O)c2ccc(-c3ccccc3)nc2NCCc2ccccn2)n1. The molecular weight excluding hydrogens is 388 g/mol. The summed E-state index contributed by atoms with van der Waals surface area (Å²) in [6.07, 6.45) is 4.36. The van der Waals surface area contributed by atoms with Gasteiger partial charge in [0.05, 0.1) is 23.5 Å². The molecule has 4 rings (SSSR count). The van der Waals surface area contributed by atoms with E-state index >= 15 is 0 Å². The molecule has 4 aromatic rings. The highest BCUT2D eigenvalue weighted by molar-refractivity contribution is 5.99. The number of amides is 1. The predicted octanol–water partition coefficient (Wildman–Crippen LogP) is 3.46. The van der Waals surface area contributed by atoms with Crippen LogP contribution in [-0.2, 0) is 20.0 Å². The maximum atomic E-state index is 12.9. The van der Waals surface area contributed by atoms with Crippen LogP contribution in [0.3, 0.4) is 0 Å². The van der Waals surface area contributed by atoms with E-state index in [9.17, 15) is 4.79 Å². The number of anilines is 1. The molecule has 0 fully saturated rings. The highest BCUT2D eigenvalue weighted by atomic mass is 16.1. The summed E-state index contributed by atoms with van der Waals surface area (Å²) in [5.74, 6) is 0.355. The summed E-state index contributed by atoms with van der Waals surface area (Å²) in [6, 6.07) is 21.3. The summed E-state index contributed by atoms with van der Waals surface area (Å²) in [7, 11) is 1.85. The minimum Gasteiger partial charge on any atom is -0.369 e. The van der Waals surface area contributed by atoms with Gasteiger partial charge in [0.25, 0.3) is 5.91 Å². The summed E-state index contributed by atoms with van der Waals surface area (Å²) in [5.41, 5.74) is 4.08. The Kier molecular flexibility index (Phi) is 6.32. The van der Waals surface area contributed by atoms with Crippen LogP contribution in [0.5, 0.6) is 0 Å². The third-order valence-electron chi connectivity index (χ3n) is 4.81. The van der Waals surface area contributed by atoms with Crippen molar-refractivity contribution >= 4 is 11.7 Å². The van der Waals surface area contributed by atoms with Crippen molar-refractivity contribution in [2.45, 2.75) is 13.0 Å². The van der Waals surface area contributed by atoms with E-state index < -0.39 is 0 Å². The molecule has 0 atom stereocenters. The molecule has 1 aromatic carbocycles. The number of nitrogens with zero attached hydrogens (tertiary/aromatic N) is 4. The number of carbonyl (C=O) groups is 1. The average Bonchev–Trinajstić information content (AvgIpc) is 3.24. The number of carbonyl (C=O) groups excluding carboxylic acids is 1. The molecule has 3 heterocycles. The lowest BCUT2D eigenvalue weighted by molar-refractivity contribution is 0.0951. The van der Waals surface area contributed by atoms with Crippen LogP contribution in [0.25, 0.3) is 11.3 Å². The summed E-state index contributed by atoms with van der Waals surface area (Å²) >= 11 is 0. The van der Waals surface area contributed by atoms with Crippen molar-refractivity contribution in [1.29, 1.82) is 0 Å². The molecule has 0 aliphatic carbocycles. The van der Waals surface area contributed by atoms with Crippen molar-refractivity contribution < 1.29 is 4.79 Å². The largest absolute Gasteiger partial charge is 0.369 e. The number of aryl methyl sites for hydroxylation is 1. The second-order valence-electron chi connectivity index (χ2n) is 7.12. The Balaban J connectivity index is 1.52. The lowest BCUT2D eigenvalue weighted by Gasteiger charge is -2.13. The highest BCUT2D eigenvalue weighted by Gasteiger charge is 2.15. The highest BCUT2D eigenvalue weighted by Crippen LogP contribution is 2.22. The molecule has 3 aromatic heterocycles. The Morgan fingerprint density at radius 2 is 1.81 bits per heavy atom.